The van der Waals surface area contributed by atoms with Crippen molar-refractivity contribution in [2.75, 3.05) is 0 Å². The quantitative estimate of drug-likeness (QED) is 0.861. The highest BCUT2D eigenvalue weighted by atomic mass is 35.5. The first-order valence-electron chi connectivity index (χ1n) is 4.74. The van der Waals surface area contributed by atoms with Gasteiger partial charge in [0.05, 0.1) is 16.7 Å². The van der Waals surface area contributed by atoms with Gasteiger partial charge in [-0.25, -0.2) is 4.79 Å². The molecule has 82 valence electrons. The molecule has 1 unspecified atom stereocenters. The number of carbonyl (C=O) groups is 1. The van der Waals surface area contributed by atoms with Crippen molar-refractivity contribution in [1.29, 1.82) is 0 Å². The highest BCUT2D eigenvalue weighted by Gasteiger charge is 2.09. The van der Waals surface area contributed by atoms with Gasteiger partial charge in [0, 0.05) is 0 Å². The van der Waals surface area contributed by atoms with Crippen LogP contribution in [0, 0.1) is 0 Å². The third kappa shape index (κ3) is 3.13. The summed E-state index contributed by atoms with van der Waals surface area (Å²) in [5, 5.41) is 9.06. The van der Waals surface area contributed by atoms with E-state index in [1.165, 1.54) is 12.1 Å². The zero-order valence-corrected chi connectivity index (χ0v) is 9.41. The molecule has 0 aliphatic rings. The molecule has 15 heavy (non-hydrogen) atoms. The largest absolute Gasteiger partial charge is 0.489 e. The second-order valence-corrected chi connectivity index (χ2v) is 3.69. The molecule has 1 aromatic carbocycles. The summed E-state index contributed by atoms with van der Waals surface area (Å²) in [5.41, 5.74) is 0.163. The van der Waals surface area contributed by atoms with Crippen molar-refractivity contribution in [3.05, 3.63) is 28.8 Å². The van der Waals surface area contributed by atoms with Crippen LogP contribution >= 0.6 is 11.6 Å². The highest BCUT2D eigenvalue weighted by Crippen LogP contribution is 2.26. The summed E-state index contributed by atoms with van der Waals surface area (Å²) in [6, 6.07) is 4.45. The van der Waals surface area contributed by atoms with Gasteiger partial charge < -0.3 is 9.84 Å². The zero-order chi connectivity index (χ0) is 11.4. The first kappa shape index (κ1) is 11.9. The average Bonchev–Trinajstić information content (AvgIpc) is 2.20. The van der Waals surface area contributed by atoms with Gasteiger partial charge in [0.25, 0.3) is 0 Å². The molecule has 0 saturated carbocycles. The van der Waals surface area contributed by atoms with Gasteiger partial charge in [-0.3, -0.25) is 0 Å². The number of ether oxygens (including phenoxy) is 1. The number of hydrogen-bond donors (Lipinski definition) is 1. The van der Waals surface area contributed by atoms with Crippen LogP contribution in [0.5, 0.6) is 5.75 Å². The maximum Gasteiger partial charge on any atom is 0.335 e. The molecule has 1 rings (SSSR count). The van der Waals surface area contributed by atoms with Crippen LogP contribution in [0.3, 0.4) is 0 Å². The maximum absolute atomic E-state index is 10.6. The lowest BCUT2D eigenvalue weighted by molar-refractivity contribution is 0.0697. The molecule has 0 fully saturated rings. The van der Waals surface area contributed by atoms with Crippen molar-refractivity contribution in [2.45, 2.75) is 26.4 Å². The van der Waals surface area contributed by atoms with Crippen LogP contribution in [0.2, 0.25) is 5.02 Å². The Morgan fingerprint density at radius 3 is 2.73 bits per heavy atom. The summed E-state index contributed by atoms with van der Waals surface area (Å²) in [7, 11) is 0. The van der Waals surface area contributed by atoms with Crippen molar-refractivity contribution in [2.24, 2.45) is 0 Å². The SMILES string of the molecule is CCC(C)Oc1ccc(C(=O)O)cc1Cl. The van der Waals surface area contributed by atoms with E-state index >= 15 is 0 Å². The van der Waals surface area contributed by atoms with Gasteiger partial charge in [-0.2, -0.15) is 0 Å². The molecule has 0 aliphatic heterocycles. The van der Waals surface area contributed by atoms with Gasteiger partial charge in [-0.05, 0) is 31.5 Å². The fourth-order valence-corrected chi connectivity index (χ4v) is 1.25. The monoisotopic (exact) mass is 228 g/mol. The molecule has 0 amide bonds. The van der Waals surface area contributed by atoms with Crippen LogP contribution in [0.4, 0.5) is 0 Å². The van der Waals surface area contributed by atoms with E-state index in [1.54, 1.807) is 6.07 Å². The van der Waals surface area contributed by atoms with Gasteiger partial charge in [-0.15, -0.1) is 0 Å². The van der Waals surface area contributed by atoms with Crippen molar-refractivity contribution in [1.82, 2.24) is 0 Å². The molecule has 0 heterocycles. The second-order valence-electron chi connectivity index (χ2n) is 3.29. The molecule has 0 aromatic heterocycles. The molecular weight excluding hydrogens is 216 g/mol. The fourth-order valence-electron chi connectivity index (χ4n) is 1.03. The first-order chi connectivity index (χ1) is 7.04. The van der Waals surface area contributed by atoms with Crippen LogP contribution in [0.1, 0.15) is 30.6 Å². The zero-order valence-electron chi connectivity index (χ0n) is 8.66. The van der Waals surface area contributed by atoms with E-state index in [-0.39, 0.29) is 11.7 Å². The summed E-state index contributed by atoms with van der Waals surface area (Å²) >= 11 is 5.89. The predicted molar refractivity (Wildman–Crippen MR) is 58.8 cm³/mol. The van der Waals surface area contributed by atoms with Gasteiger partial charge in [-0.1, -0.05) is 18.5 Å². The second kappa shape index (κ2) is 5.03. The number of rotatable bonds is 4. The Morgan fingerprint density at radius 1 is 1.60 bits per heavy atom. The van der Waals surface area contributed by atoms with Crippen LogP contribution < -0.4 is 4.74 Å². The molecule has 0 aliphatic carbocycles. The van der Waals surface area contributed by atoms with E-state index < -0.39 is 5.97 Å². The standard InChI is InChI=1S/C11H13ClO3/c1-3-7(2)15-10-5-4-8(11(13)14)6-9(10)12/h4-7H,3H2,1-2H3,(H,13,14). The van der Waals surface area contributed by atoms with Gasteiger partial charge in [0.15, 0.2) is 0 Å². The van der Waals surface area contributed by atoms with Gasteiger partial charge in [0.1, 0.15) is 5.75 Å². The number of hydrogen-bond acceptors (Lipinski definition) is 2. The molecule has 4 heteroatoms. The Labute approximate surface area is 93.6 Å². The summed E-state index contributed by atoms with van der Waals surface area (Å²) in [6.07, 6.45) is 0.940. The van der Waals surface area contributed by atoms with Crippen molar-refractivity contribution >= 4 is 17.6 Å². The number of benzene rings is 1. The normalized spacial score (nSPS) is 12.2. The van der Waals surface area contributed by atoms with Crippen molar-refractivity contribution < 1.29 is 14.6 Å². The number of halogens is 1. The molecular formula is C11H13ClO3. The number of carboxylic acids is 1. The van der Waals surface area contributed by atoms with E-state index in [4.69, 9.17) is 21.4 Å². The summed E-state index contributed by atoms with van der Waals surface area (Å²) in [6.45, 7) is 3.94. The fraction of sp³-hybridized carbons (Fsp3) is 0.364. The maximum atomic E-state index is 10.6. The predicted octanol–water partition coefficient (Wildman–Crippen LogP) is 3.22. The lowest BCUT2D eigenvalue weighted by Gasteiger charge is -2.13. The van der Waals surface area contributed by atoms with E-state index in [2.05, 4.69) is 0 Å². The molecule has 1 aromatic rings. The highest BCUT2D eigenvalue weighted by molar-refractivity contribution is 6.32. The van der Waals surface area contributed by atoms with E-state index in [1.807, 2.05) is 13.8 Å². The van der Waals surface area contributed by atoms with Crippen LogP contribution in [-0.2, 0) is 0 Å². The van der Waals surface area contributed by atoms with Crippen LogP contribution in [0.25, 0.3) is 0 Å². The molecule has 0 saturated heterocycles. The molecule has 0 bridgehead atoms. The minimum absolute atomic E-state index is 0.0678. The van der Waals surface area contributed by atoms with E-state index in [9.17, 15) is 4.79 Å². The third-order valence-corrected chi connectivity index (χ3v) is 2.38. The number of carboxylic acid groups (broad SMARTS) is 1. The average molecular weight is 229 g/mol. The Balaban J connectivity index is 2.88. The summed E-state index contributed by atoms with van der Waals surface area (Å²) in [4.78, 5) is 10.6. The van der Waals surface area contributed by atoms with Crippen LogP contribution in [-0.4, -0.2) is 17.2 Å². The Morgan fingerprint density at radius 2 is 2.27 bits per heavy atom. The Hall–Kier alpha value is -1.22. The van der Waals surface area contributed by atoms with Gasteiger partial charge in [0.2, 0.25) is 0 Å². The van der Waals surface area contributed by atoms with E-state index in [0.29, 0.717) is 10.8 Å². The summed E-state index contributed by atoms with van der Waals surface area (Å²) in [5.74, 6) is -0.469. The molecule has 1 N–H and O–H groups in total. The van der Waals surface area contributed by atoms with Crippen molar-refractivity contribution in [3.8, 4) is 5.75 Å². The Kier molecular flexibility index (Phi) is 3.97. The minimum Gasteiger partial charge on any atom is -0.489 e. The first-order valence-corrected chi connectivity index (χ1v) is 5.12. The number of aromatic carboxylic acids is 1. The molecule has 1 atom stereocenters. The third-order valence-electron chi connectivity index (χ3n) is 2.08. The van der Waals surface area contributed by atoms with E-state index in [0.717, 1.165) is 6.42 Å². The lowest BCUT2D eigenvalue weighted by atomic mass is 10.2. The van der Waals surface area contributed by atoms with Gasteiger partial charge >= 0.3 is 5.97 Å². The lowest BCUT2D eigenvalue weighted by Crippen LogP contribution is -2.10. The summed E-state index contributed by atoms with van der Waals surface area (Å²) < 4.78 is 5.50. The van der Waals surface area contributed by atoms with Crippen LogP contribution in [0.15, 0.2) is 18.2 Å². The molecule has 0 radical (unpaired) electrons. The molecule has 3 nitrogen and oxygen atoms in total. The molecule has 0 spiro atoms. The Bertz CT molecular complexity index is 363. The topological polar surface area (TPSA) is 46.5 Å². The minimum atomic E-state index is -0.994. The van der Waals surface area contributed by atoms with Crippen molar-refractivity contribution in [3.63, 3.8) is 0 Å². The smallest absolute Gasteiger partial charge is 0.335 e.